The van der Waals surface area contributed by atoms with Gasteiger partial charge < -0.3 is 14.8 Å². The van der Waals surface area contributed by atoms with Crippen molar-refractivity contribution < 1.29 is 31.8 Å². The Balaban J connectivity index is 2.07. The maximum Gasteiger partial charge on any atom is 0.435 e. The molecule has 1 aromatic heterocycles. The fourth-order valence-electron chi connectivity index (χ4n) is 2.91. The summed E-state index contributed by atoms with van der Waals surface area (Å²) in [6, 6.07) is 8.77. The molecule has 0 saturated heterocycles. The van der Waals surface area contributed by atoms with Gasteiger partial charge in [0, 0.05) is 12.6 Å². The van der Waals surface area contributed by atoms with Crippen LogP contribution >= 0.6 is 0 Å². The highest BCUT2D eigenvalue weighted by Gasteiger charge is 2.39. The Morgan fingerprint density at radius 1 is 1.03 bits per heavy atom. The van der Waals surface area contributed by atoms with Gasteiger partial charge in [0.05, 0.1) is 19.8 Å². The number of amides is 1. The van der Waals surface area contributed by atoms with Crippen LogP contribution in [0.15, 0.2) is 42.5 Å². The Hall–Kier alpha value is -3.56. The summed E-state index contributed by atoms with van der Waals surface area (Å²) in [6.07, 6.45) is -4.78. The van der Waals surface area contributed by atoms with E-state index < -0.39 is 23.6 Å². The normalized spacial score (nSPS) is 11.3. The number of aryl methyl sites for hydroxylation is 1. The third-order valence-corrected chi connectivity index (χ3v) is 4.33. The van der Waals surface area contributed by atoms with Gasteiger partial charge in [-0.05, 0) is 35.9 Å². The van der Waals surface area contributed by atoms with Crippen molar-refractivity contribution in [1.29, 1.82) is 0 Å². The molecule has 0 atom stereocenters. The number of alkyl halides is 3. The molecule has 1 amide bonds. The lowest BCUT2D eigenvalue weighted by atomic mass is 10.0. The fourth-order valence-corrected chi connectivity index (χ4v) is 2.91. The number of ether oxygens (including phenoxy) is 2. The second kappa shape index (κ2) is 8.05. The first-order valence-corrected chi connectivity index (χ1v) is 8.59. The quantitative estimate of drug-likeness (QED) is 0.613. The van der Waals surface area contributed by atoms with Crippen LogP contribution in [0.4, 0.5) is 23.4 Å². The molecule has 0 spiro atoms. The molecule has 0 bridgehead atoms. The van der Waals surface area contributed by atoms with Crippen molar-refractivity contribution in [3.8, 4) is 22.6 Å². The molecule has 2 aromatic carbocycles. The predicted molar refractivity (Wildman–Crippen MR) is 101 cm³/mol. The Morgan fingerprint density at radius 3 is 2.23 bits per heavy atom. The van der Waals surface area contributed by atoms with Gasteiger partial charge in [-0.15, -0.1) is 0 Å². The molecule has 0 aliphatic carbocycles. The van der Waals surface area contributed by atoms with Crippen molar-refractivity contribution in [2.45, 2.75) is 6.18 Å². The number of rotatable bonds is 5. The molecule has 0 aliphatic heterocycles. The highest BCUT2D eigenvalue weighted by Crippen LogP contribution is 2.41. The van der Waals surface area contributed by atoms with Crippen molar-refractivity contribution in [2.75, 3.05) is 19.5 Å². The third-order valence-electron chi connectivity index (χ3n) is 4.33. The molecule has 0 saturated carbocycles. The van der Waals surface area contributed by atoms with Crippen LogP contribution in [0.25, 0.3) is 11.1 Å². The first-order valence-electron chi connectivity index (χ1n) is 8.59. The molecule has 1 N–H and O–H groups in total. The van der Waals surface area contributed by atoms with Crippen LogP contribution in [0, 0.1) is 5.82 Å². The standard InChI is InChI=1S/C20H17F4N3O3/c1-27-18(25-19(28)12-6-9-14(29-2)15(10-12)30-3)16(17(26-27)20(22,23)24)11-4-7-13(21)8-5-11/h4-10H,1-3H3,(H,25,28). The van der Waals surface area contributed by atoms with Gasteiger partial charge in [-0.1, -0.05) is 12.1 Å². The van der Waals surface area contributed by atoms with Crippen molar-refractivity contribution in [3.05, 3.63) is 59.5 Å². The van der Waals surface area contributed by atoms with E-state index in [1.807, 2.05) is 0 Å². The molecule has 0 radical (unpaired) electrons. The second-order valence-corrected chi connectivity index (χ2v) is 6.22. The van der Waals surface area contributed by atoms with Gasteiger partial charge in [-0.2, -0.15) is 18.3 Å². The molecule has 0 aliphatic rings. The van der Waals surface area contributed by atoms with Gasteiger partial charge in [0.15, 0.2) is 17.2 Å². The van der Waals surface area contributed by atoms with E-state index in [1.54, 1.807) is 0 Å². The van der Waals surface area contributed by atoms with Crippen LogP contribution in [-0.2, 0) is 13.2 Å². The summed E-state index contributed by atoms with van der Waals surface area (Å²) in [5.41, 5.74) is -1.37. The minimum absolute atomic E-state index is 0.0550. The number of hydrogen-bond donors (Lipinski definition) is 1. The summed E-state index contributed by atoms with van der Waals surface area (Å²) in [6.45, 7) is 0. The summed E-state index contributed by atoms with van der Waals surface area (Å²) in [5, 5.41) is 5.99. The minimum Gasteiger partial charge on any atom is -0.493 e. The number of benzene rings is 2. The number of hydrogen-bond acceptors (Lipinski definition) is 4. The van der Waals surface area contributed by atoms with Crippen molar-refractivity contribution in [1.82, 2.24) is 9.78 Å². The molecule has 1 heterocycles. The summed E-state index contributed by atoms with van der Waals surface area (Å²) in [7, 11) is 4.09. The van der Waals surface area contributed by atoms with Crippen molar-refractivity contribution in [2.24, 2.45) is 7.05 Å². The molecule has 3 rings (SSSR count). The minimum atomic E-state index is -4.78. The molecular weight excluding hydrogens is 406 g/mol. The van der Waals surface area contributed by atoms with Crippen LogP contribution in [0.2, 0.25) is 0 Å². The van der Waals surface area contributed by atoms with Gasteiger partial charge >= 0.3 is 6.18 Å². The van der Waals surface area contributed by atoms with E-state index in [9.17, 15) is 22.4 Å². The first-order chi connectivity index (χ1) is 14.2. The number of carbonyl (C=O) groups is 1. The number of carbonyl (C=O) groups excluding carboxylic acids is 1. The number of aromatic nitrogens is 2. The van der Waals surface area contributed by atoms with Gasteiger partial charge in [0.25, 0.3) is 5.91 Å². The van der Waals surface area contributed by atoms with E-state index in [1.165, 1.54) is 51.6 Å². The summed E-state index contributed by atoms with van der Waals surface area (Å²) in [5.74, 6) is -0.803. The lowest BCUT2D eigenvalue weighted by Crippen LogP contribution is -2.15. The Bertz CT molecular complexity index is 1080. The molecule has 0 unspecified atom stereocenters. The number of halogens is 4. The summed E-state index contributed by atoms with van der Waals surface area (Å²) >= 11 is 0. The lowest BCUT2D eigenvalue weighted by Gasteiger charge is -2.12. The van der Waals surface area contributed by atoms with Crippen LogP contribution in [-0.4, -0.2) is 29.9 Å². The zero-order valence-corrected chi connectivity index (χ0v) is 16.2. The number of nitrogens with zero attached hydrogens (tertiary/aromatic N) is 2. The SMILES string of the molecule is COc1ccc(C(=O)Nc2c(-c3ccc(F)cc3)c(C(F)(F)F)nn2C)cc1OC. The monoisotopic (exact) mass is 423 g/mol. The Kier molecular flexibility index (Phi) is 5.68. The molecule has 6 nitrogen and oxygen atoms in total. The average molecular weight is 423 g/mol. The Morgan fingerprint density at radius 2 is 1.67 bits per heavy atom. The van der Waals surface area contributed by atoms with Crippen molar-refractivity contribution >= 4 is 11.7 Å². The molecular formula is C20H17F4N3O3. The number of anilines is 1. The molecule has 30 heavy (non-hydrogen) atoms. The van der Waals surface area contributed by atoms with E-state index in [0.717, 1.165) is 16.8 Å². The maximum atomic E-state index is 13.6. The van der Waals surface area contributed by atoms with Crippen LogP contribution in [0.5, 0.6) is 11.5 Å². The maximum absolute atomic E-state index is 13.6. The molecule has 158 valence electrons. The van der Waals surface area contributed by atoms with Gasteiger partial charge in [0.2, 0.25) is 0 Å². The zero-order chi connectivity index (χ0) is 22.1. The van der Waals surface area contributed by atoms with Crippen LogP contribution < -0.4 is 14.8 Å². The van der Waals surface area contributed by atoms with Gasteiger partial charge in [-0.25, -0.2) is 4.39 Å². The molecule has 10 heteroatoms. The van der Waals surface area contributed by atoms with E-state index in [0.29, 0.717) is 5.75 Å². The van der Waals surface area contributed by atoms with Crippen molar-refractivity contribution in [3.63, 3.8) is 0 Å². The number of nitrogens with one attached hydrogen (secondary N) is 1. The Labute approximate surface area is 169 Å². The van der Waals surface area contributed by atoms with Crippen LogP contribution in [0.3, 0.4) is 0 Å². The highest BCUT2D eigenvalue weighted by atomic mass is 19.4. The van der Waals surface area contributed by atoms with Gasteiger partial charge in [-0.3, -0.25) is 9.48 Å². The van der Waals surface area contributed by atoms with Gasteiger partial charge in [0.1, 0.15) is 11.6 Å². The smallest absolute Gasteiger partial charge is 0.435 e. The largest absolute Gasteiger partial charge is 0.493 e. The van der Waals surface area contributed by atoms with E-state index in [2.05, 4.69) is 10.4 Å². The second-order valence-electron chi connectivity index (χ2n) is 6.22. The highest BCUT2D eigenvalue weighted by molar-refractivity contribution is 6.06. The zero-order valence-electron chi connectivity index (χ0n) is 16.2. The first kappa shape index (κ1) is 21.2. The third kappa shape index (κ3) is 4.07. The van der Waals surface area contributed by atoms with E-state index >= 15 is 0 Å². The molecule has 0 fully saturated rings. The topological polar surface area (TPSA) is 65.4 Å². The lowest BCUT2D eigenvalue weighted by molar-refractivity contribution is -0.140. The number of methoxy groups -OCH3 is 2. The predicted octanol–water partition coefficient (Wildman–Crippen LogP) is 4.51. The summed E-state index contributed by atoms with van der Waals surface area (Å²) in [4.78, 5) is 12.7. The van der Waals surface area contributed by atoms with E-state index in [-0.39, 0.29) is 28.3 Å². The average Bonchev–Trinajstić information content (AvgIpc) is 3.04. The molecule has 3 aromatic rings. The van der Waals surface area contributed by atoms with E-state index in [4.69, 9.17) is 9.47 Å². The summed E-state index contributed by atoms with van der Waals surface area (Å²) < 4.78 is 65.1. The van der Waals surface area contributed by atoms with Crippen LogP contribution in [0.1, 0.15) is 16.1 Å². The fraction of sp³-hybridized carbons (Fsp3) is 0.200.